The van der Waals surface area contributed by atoms with E-state index in [1.165, 1.54) is 12.8 Å². The molecule has 3 aliphatic rings. The molecule has 5 rings (SSSR count). The van der Waals surface area contributed by atoms with E-state index in [0.717, 1.165) is 47.9 Å². The SMILES string of the molecule is O=C1N(c2cccnc2)c2ccc(NCC3CC3)cc2C12CCOCC2. The van der Waals surface area contributed by atoms with E-state index in [1.807, 2.05) is 17.0 Å². The van der Waals surface area contributed by atoms with Gasteiger partial charge in [-0.05, 0) is 67.5 Å². The minimum absolute atomic E-state index is 0.156. The largest absolute Gasteiger partial charge is 0.385 e. The first-order valence-corrected chi connectivity index (χ1v) is 9.49. The van der Waals surface area contributed by atoms with E-state index in [9.17, 15) is 4.79 Å². The number of benzene rings is 1. The van der Waals surface area contributed by atoms with Crippen LogP contribution in [0.5, 0.6) is 0 Å². The standard InChI is InChI=1S/C21H23N3O2/c25-20-21(7-10-26-11-8-21)18-12-16(23-13-15-3-4-15)5-6-19(18)24(20)17-2-1-9-22-14-17/h1-2,5-6,9,12,14-15,23H,3-4,7-8,10-11,13H2. The van der Waals surface area contributed by atoms with Gasteiger partial charge in [0, 0.05) is 31.6 Å². The van der Waals surface area contributed by atoms with Gasteiger partial charge in [-0.1, -0.05) is 0 Å². The molecule has 0 radical (unpaired) electrons. The predicted octanol–water partition coefficient (Wildman–Crippen LogP) is 3.63. The minimum Gasteiger partial charge on any atom is -0.385 e. The summed E-state index contributed by atoms with van der Waals surface area (Å²) in [6, 6.07) is 10.2. The highest BCUT2D eigenvalue weighted by atomic mass is 16.5. The van der Waals surface area contributed by atoms with Crippen LogP contribution in [0.2, 0.25) is 0 Å². The van der Waals surface area contributed by atoms with Crippen LogP contribution in [0.3, 0.4) is 0 Å². The monoisotopic (exact) mass is 349 g/mol. The van der Waals surface area contributed by atoms with Crippen LogP contribution in [0.1, 0.15) is 31.2 Å². The number of hydrogen-bond donors (Lipinski definition) is 1. The Balaban J connectivity index is 1.58. The molecule has 2 aliphatic heterocycles. The van der Waals surface area contributed by atoms with E-state index in [0.29, 0.717) is 13.2 Å². The summed E-state index contributed by atoms with van der Waals surface area (Å²) in [4.78, 5) is 19.6. The van der Waals surface area contributed by atoms with Crippen molar-refractivity contribution in [3.8, 4) is 0 Å². The summed E-state index contributed by atoms with van der Waals surface area (Å²) in [7, 11) is 0. The fraction of sp³-hybridized carbons (Fsp3) is 0.429. The number of aromatic nitrogens is 1. The zero-order valence-electron chi connectivity index (χ0n) is 14.8. The summed E-state index contributed by atoms with van der Waals surface area (Å²) < 4.78 is 5.58. The van der Waals surface area contributed by atoms with E-state index in [-0.39, 0.29) is 5.91 Å². The molecule has 134 valence electrons. The molecule has 0 unspecified atom stereocenters. The van der Waals surface area contributed by atoms with Gasteiger partial charge in [0.2, 0.25) is 5.91 Å². The van der Waals surface area contributed by atoms with Crippen LogP contribution in [-0.2, 0) is 14.9 Å². The first-order chi connectivity index (χ1) is 12.8. The van der Waals surface area contributed by atoms with E-state index in [2.05, 4.69) is 28.5 Å². The van der Waals surface area contributed by atoms with Crippen LogP contribution in [0.15, 0.2) is 42.7 Å². The highest BCUT2D eigenvalue weighted by molar-refractivity contribution is 6.13. The zero-order chi connectivity index (χ0) is 17.6. The van der Waals surface area contributed by atoms with Crippen molar-refractivity contribution >= 4 is 23.0 Å². The lowest BCUT2D eigenvalue weighted by Crippen LogP contribution is -2.42. The maximum absolute atomic E-state index is 13.5. The topological polar surface area (TPSA) is 54.5 Å². The lowest BCUT2D eigenvalue weighted by atomic mass is 9.75. The quantitative estimate of drug-likeness (QED) is 0.916. The second kappa shape index (κ2) is 6.09. The molecule has 1 aliphatic carbocycles. The molecule has 1 aromatic heterocycles. The Hall–Kier alpha value is -2.40. The third-order valence-corrected chi connectivity index (χ3v) is 5.91. The van der Waals surface area contributed by atoms with Gasteiger partial charge in [-0.2, -0.15) is 0 Å². The van der Waals surface area contributed by atoms with Crippen molar-refractivity contribution in [1.82, 2.24) is 4.98 Å². The number of hydrogen-bond acceptors (Lipinski definition) is 4. The van der Waals surface area contributed by atoms with Crippen molar-refractivity contribution in [2.24, 2.45) is 5.92 Å². The Morgan fingerprint density at radius 3 is 2.81 bits per heavy atom. The van der Waals surface area contributed by atoms with Gasteiger partial charge in [0.05, 0.1) is 23.0 Å². The number of pyridine rings is 1. The average molecular weight is 349 g/mol. The number of carbonyl (C=O) groups excluding carboxylic acids is 1. The summed E-state index contributed by atoms with van der Waals surface area (Å²) >= 11 is 0. The van der Waals surface area contributed by atoms with E-state index >= 15 is 0 Å². The smallest absolute Gasteiger partial charge is 0.242 e. The molecule has 0 atom stereocenters. The molecule has 1 saturated carbocycles. The normalized spacial score (nSPS) is 21.1. The van der Waals surface area contributed by atoms with Crippen LogP contribution in [0, 0.1) is 5.92 Å². The number of nitrogens with one attached hydrogen (secondary N) is 1. The van der Waals surface area contributed by atoms with Crippen LogP contribution in [0.25, 0.3) is 0 Å². The van der Waals surface area contributed by atoms with Crippen LogP contribution >= 0.6 is 0 Å². The highest BCUT2D eigenvalue weighted by Crippen LogP contribution is 2.51. The molecule has 1 aromatic carbocycles. The lowest BCUT2D eigenvalue weighted by molar-refractivity contribution is -0.125. The summed E-state index contributed by atoms with van der Waals surface area (Å²) in [5.74, 6) is 0.969. The van der Waals surface area contributed by atoms with Crippen molar-refractivity contribution in [2.75, 3.05) is 30.0 Å². The fourth-order valence-electron chi connectivity index (χ4n) is 4.19. The highest BCUT2D eigenvalue weighted by Gasteiger charge is 2.52. The first kappa shape index (κ1) is 15.8. The number of nitrogens with zero attached hydrogens (tertiary/aromatic N) is 2. The number of carbonyl (C=O) groups is 1. The number of ether oxygens (including phenoxy) is 1. The van der Waals surface area contributed by atoms with E-state index in [4.69, 9.17) is 4.74 Å². The van der Waals surface area contributed by atoms with Gasteiger partial charge >= 0.3 is 0 Å². The molecular formula is C21H23N3O2. The van der Waals surface area contributed by atoms with Crippen molar-refractivity contribution in [3.63, 3.8) is 0 Å². The third-order valence-electron chi connectivity index (χ3n) is 5.91. The molecule has 1 spiro atoms. The van der Waals surface area contributed by atoms with Crippen LogP contribution in [0.4, 0.5) is 17.1 Å². The Morgan fingerprint density at radius 2 is 2.08 bits per heavy atom. The number of fused-ring (bicyclic) bond motifs is 2. The van der Waals surface area contributed by atoms with Crippen LogP contribution < -0.4 is 10.2 Å². The first-order valence-electron chi connectivity index (χ1n) is 9.49. The molecule has 26 heavy (non-hydrogen) atoms. The lowest BCUT2D eigenvalue weighted by Gasteiger charge is -2.32. The predicted molar refractivity (Wildman–Crippen MR) is 101 cm³/mol. The maximum atomic E-state index is 13.5. The molecule has 1 saturated heterocycles. The van der Waals surface area contributed by atoms with Crippen LogP contribution in [-0.4, -0.2) is 30.6 Å². The summed E-state index contributed by atoms with van der Waals surface area (Å²) in [6.45, 7) is 2.28. The van der Waals surface area contributed by atoms with Gasteiger partial charge in [-0.15, -0.1) is 0 Å². The second-order valence-corrected chi connectivity index (χ2v) is 7.60. The summed E-state index contributed by atoms with van der Waals surface area (Å²) in [5.41, 5.74) is 3.60. The van der Waals surface area contributed by atoms with Gasteiger partial charge < -0.3 is 10.1 Å². The van der Waals surface area contributed by atoms with Gasteiger partial charge in [-0.25, -0.2) is 0 Å². The Kier molecular flexibility index (Phi) is 3.71. The van der Waals surface area contributed by atoms with Gasteiger partial charge in [0.1, 0.15) is 0 Å². The number of amides is 1. The fourth-order valence-corrected chi connectivity index (χ4v) is 4.19. The molecule has 1 amide bonds. The molecule has 2 aromatic rings. The number of rotatable bonds is 4. The molecule has 0 bridgehead atoms. The summed E-state index contributed by atoms with van der Waals surface area (Å²) in [6.07, 6.45) is 7.63. The van der Waals surface area contributed by atoms with Gasteiger partial charge in [0.15, 0.2) is 0 Å². The molecule has 5 heteroatoms. The van der Waals surface area contributed by atoms with E-state index in [1.54, 1.807) is 12.4 Å². The number of anilines is 3. The van der Waals surface area contributed by atoms with Crippen molar-refractivity contribution in [3.05, 3.63) is 48.3 Å². The van der Waals surface area contributed by atoms with Gasteiger partial charge in [0.25, 0.3) is 0 Å². The van der Waals surface area contributed by atoms with E-state index < -0.39 is 5.41 Å². The van der Waals surface area contributed by atoms with Crippen molar-refractivity contribution in [2.45, 2.75) is 31.1 Å². The second-order valence-electron chi connectivity index (χ2n) is 7.60. The average Bonchev–Trinajstić information content (AvgIpc) is 3.50. The third kappa shape index (κ3) is 2.50. The Bertz CT molecular complexity index is 826. The minimum atomic E-state index is -0.472. The molecule has 1 N–H and O–H groups in total. The van der Waals surface area contributed by atoms with Crippen molar-refractivity contribution < 1.29 is 9.53 Å². The molecular weight excluding hydrogens is 326 g/mol. The molecule has 5 nitrogen and oxygen atoms in total. The maximum Gasteiger partial charge on any atom is 0.242 e. The molecule has 3 heterocycles. The molecule has 2 fully saturated rings. The summed E-state index contributed by atoms with van der Waals surface area (Å²) in [5, 5.41) is 3.55. The Morgan fingerprint density at radius 1 is 1.23 bits per heavy atom. The van der Waals surface area contributed by atoms with Crippen molar-refractivity contribution in [1.29, 1.82) is 0 Å². The van der Waals surface area contributed by atoms with Gasteiger partial charge in [-0.3, -0.25) is 14.7 Å². The zero-order valence-corrected chi connectivity index (χ0v) is 14.8. The Labute approximate surface area is 153 Å².